The zero-order chi connectivity index (χ0) is 15.9. The number of hydrogen-bond acceptors (Lipinski definition) is 1. The SMILES string of the molecule is CC(C)c1c(F)n([C@@H]2CCCC[C@@H]2C)c(=O)c2ccccc12. The van der Waals surface area contributed by atoms with Crippen LogP contribution in [-0.4, -0.2) is 4.57 Å². The summed E-state index contributed by atoms with van der Waals surface area (Å²) < 4.78 is 16.7. The molecule has 1 saturated carbocycles. The second kappa shape index (κ2) is 5.86. The summed E-state index contributed by atoms with van der Waals surface area (Å²) in [5.41, 5.74) is 0.504. The Bertz CT molecular complexity index is 747. The highest BCUT2D eigenvalue weighted by Crippen LogP contribution is 2.35. The summed E-state index contributed by atoms with van der Waals surface area (Å²) in [7, 11) is 0. The molecule has 2 nitrogen and oxygen atoms in total. The second-order valence-electron chi connectivity index (χ2n) is 6.91. The highest BCUT2D eigenvalue weighted by Gasteiger charge is 2.28. The molecule has 1 aliphatic carbocycles. The third-order valence-electron chi connectivity index (χ3n) is 5.08. The van der Waals surface area contributed by atoms with E-state index in [4.69, 9.17) is 0 Å². The van der Waals surface area contributed by atoms with Gasteiger partial charge in [0, 0.05) is 17.0 Å². The van der Waals surface area contributed by atoms with Gasteiger partial charge in [-0.2, -0.15) is 4.39 Å². The van der Waals surface area contributed by atoms with Gasteiger partial charge >= 0.3 is 0 Å². The summed E-state index contributed by atoms with van der Waals surface area (Å²) in [6.07, 6.45) is 4.22. The lowest BCUT2D eigenvalue weighted by Gasteiger charge is -2.32. The van der Waals surface area contributed by atoms with Crippen molar-refractivity contribution in [3.05, 3.63) is 46.1 Å². The molecule has 0 radical (unpaired) electrons. The molecule has 3 heteroatoms. The number of aromatic nitrogens is 1. The van der Waals surface area contributed by atoms with Crippen LogP contribution in [0.25, 0.3) is 10.8 Å². The van der Waals surface area contributed by atoms with Crippen molar-refractivity contribution in [2.24, 2.45) is 5.92 Å². The van der Waals surface area contributed by atoms with Gasteiger partial charge in [-0.1, -0.05) is 51.8 Å². The quantitative estimate of drug-likeness (QED) is 0.714. The first-order valence-electron chi connectivity index (χ1n) is 8.35. The maximum atomic E-state index is 15.2. The van der Waals surface area contributed by atoms with E-state index in [1.807, 2.05) is 38.1 Å². The van der Waals surface area contributed by atoms with Crippen LogP contribution in [0.1, 0.15) is 64.0 Å². The minimum absolute atomic E-state index is 0.0108. The molecule has 118 valence electrons. The lowest BCUT2D eigenvalue weighted by molar-refractivity contribution is 0.229. The lowest BCUT2D eigenvalue weighted by Crippen LogP contribution is -2.34. The molecule has 0 bridgehead atoms. The highest BCUT2D eigenvalue weighted by molar-refractivity contribution is 5.85. The molecule has 1 aliphatic rings. The number of rotatable bonds is 2. The number of halogens is 1. The maximum Gasteiger partial charge on any atom is 0.260 e. The van der Waals surface area contributed by atoms with E-state index in [-0.39, 0.29) is 23.5 Å². The van der Waals surface area contributed by atoms with E-state index in [2.05, 4.69) is 6.92 Å². The molecule has 3 rings (SSSR count). The Hall–Kier alpha value is -1.64. The van der Waals surface area contributed by atoms with Gasteiger partial charge in [-0.15, -0.1) is 0 Å². The average molecular weight is 301 g/mol. The molecule has 0 aliphatic heterocycles. The average Bonchev–Trinajstić information content (AvgIpc) is 2.49. The van der Waals surface area contributed by atoms with Crippen molar-refractivity contribution in [3.63, 3.8) is 0 Å². The first-order chi connectivity index (χ1) is 10.5. The number of fused-ring (bicyclic) bond motifs is 1. The van der Waals surface area contributed by atoms with E-state index in [1.54, 1.807) is 0 Å². The summed E-state index contributed by atoms with van der Waals surface area (Å²) in [6, 6.07) is 7.42. The Morgan fingerprint density at radius 3 is 2.41 bits per heavy atom. The molecular weight excluding hydrogens is 277 g/mol. The van der Waals surface area contributed by atoms with E-state index in [1.165, 1.54) is 11.0 Å². The van der Waals surface area contributed by atoms with Crippen LogP contribution in [0.4, 0.5) is 4.39 Å². The summed E-state index contributed by atoms with van der Waals surface area (Å²) in [4.78, 5) is 12.9. The fourth-order valence-electron chi connectivity index (χ4n) is 3.89. The molecule has 1 fully saturated rings. The van der Waals surface area contributed by atoms with Crippen LogP contribution in [0.2, 0.25) is 0 Å². The number of pyridine rings is 1. The van der Waals surface area contributed by atoms with Crippen molar-refractivity contribution in [2.75, 3.05) is 0 Å². The Labute approximate surface area is 131 Å². The lowest BCUT2D eigenvalue weighted by atomic mass is 9.85. The zero-order valence-electron chi connectivity index (χ0n) is 13.6. The monoisotopic (exact) mass is 301 g/mol. The summed E-state index contributed by atoms with van der Waals surface area (Å²) in [5.74, 6) is 0.0789. The van der Waals surface area contributed by atoms with Crippen molar-refractivity contribution < 1.29 is 4.39 Å². The predicted octanol–water partition coefficient (Wildman–Crippen LogP) is 5.02. The van der Waals surface area contributed by atoms with Crippen LogP contribution in [0, 0.1) is 11.9 Å². The molecule has 0 amide bonds. The third-order valence-corrected chi connectivity index (χ3v) is 5.08. The van der Waals surface area contributed by atoms with Gasteiger partial charge in [-0.05, 0) is 36.1 Å². The van der Waals surface area contributed by atoms with Crippen molar-refractivity contribution >= 4 is 10.8 Å². The Morgan fingerprint density at radius 1 is 1.14 bits per heavy atom. The Balaban J connectivity index is 2.32. The first kappa shape index (κ1) is 15.3. The third kappa shape index (κ3) is 2.37. The van der Waals surface area contributed by atoms with E-state index in [0.29, 0.717) is 16.9 Å². The highest BCUT2D eigenvalue weighted by atomic mass is 19.1. The minimum atomic E-state index is -0.322. The molecule has 1 heterocycles. The summed E-state index contributed by atoms with van der Waals surface area (Å²) in [6.45, 7) is 6.12. The van der Waals surface area contributed by atoms with Crippen molar-refractivity contribution in [2.45, 2.75) is 58.4 Å². The molecular formula is C19H24FNO. The van der Waals surface area contributed by atoms with Crippen LogP contribution in [0.3, 0.4) is 0 Å². The van der Waals surface area contributed by atoms with Crippen LogP contribution < -0.4 is 5.56 Å². The summed E-state index contributed by atoms with van der Waals surface area (Å²) >= 11 is 0. The Morgan fingerprint density at radius 2 is 1.77 bits per heavy atom. The van der Waals surface area contributed by atoms with Crippen molar-refractivity contribution in [3.8, 4) is 0 Å². The number of hydrogen-bond donors (Lipinski definition) is 0. The molecule has 1 aromatic carbocycles. The maximum absolute atomic E-state index is 15.2. The molecule has 0 spiro atoms. The van der Waals surface area contributed by atoms with Gasteiger partial charge in [-0.25, -0.2) is 0 Å². The molecule has 2 aromatic rings. The van der Waals surface area contributed by atoms with Gasteiger partial charge in [-0.3, -0.25) is 9.36 Å². The summed E-state index contributed by atoms with van der Waals surface area (Å²) in [5, 5.41) is 1.41. The Kier molecular flexibility index (Phi) is 4.07. The molecule has 22 heavy (non-hydrogen) atoms. The fourth-order valence-corrected chi connectivity index (χ4v) is 3.89. The van der Waals surface area contributed by atoms with Gasteiger partial charge in [0.05, 0.1) is 0 Å². The van der Waals surface area contributed by atoms with Gasteiger partial charge in [0.1, 0.15) is 0 Å². The van der Waals surface area contributed by atoms with Crippen LogP contribution in [-0.2, 0) is 0 Å². The van der Waals surface area contributed by atoms with Gasteiger partial charge in [0.2, 0.25) is 5.95 Å². The molecule has 1 aromatic heterocycles. The largest absolute Gasteiger partial charge is 0.281 e. The molecule has 0 unspecified atom stereocenters. The minimum Gasteiger partial charge on any atom is -0.281 e. The zero-order valence-corrected chi connectivity index (χ0v) is 13.6. The molecule has 2 atom stereocenters. The smallest absolute Gasteiger partial charge is 0.260 e. The molecule has 0 saturated heterocycles. The fraction of sp³-hybridized carbons (Fsp3) is 0.526. The van der Waals surface area contributed by atoms with Crippen LogP contribution >= 0.6 is 0 Å². The standard InChI is InChI=1S/C19H24FNO/c1-12(2)17-14-9-5-6-10-15(14)19(22)21(18(17)20)16-11-7-4-8-13(16)3/h5-6,9-10,12-13,16H,4,7-8,11H2,1-3H3/t13-,16+/m0/s1. The second-order valence-corrected chi connectivity index (χ2v) is 6.91. The topological polar surface area (TPSA) is 22.0 Å². The van der Waals surface area contributed by atoms with E-state index < -0.39 is 0 Å². The van der Waals surface area contributed by atoms with E-state index >= 15 is 4.39 Å². The van der Waals surface area contributed by atoms with Crippen LogP contribution in [0.15, 0.2) is 29.1 Å². The number of benzene rings is 1. The van der Waals surface area contributed by atoms with Gasteiger partial charge in [0.25, 0.3) is 5.56 Å². The first-order valence-corrected chi connectivity index (χ1v) is 8.35. The van der Waals surface area contributed by atoms with Gasteiger partial charge < -0.3 is 0 Å². The van der Waals surface area contributed by atoms with E-state index in [9.17, 15) is 4.79 Å². The molecule has 0 N–H and O–H groups in total. The number of nitrogens with zero attached hydrogens (tertiary/aromatic N) is 1. The predicted molar refractivity (Wildman–Crippen MR) is 88.9 cm³/mol. The normalized spacial score (nSPS) is 22.4. The van der Waals surface area contributed by atoms with Crippen molar-refractivity contribution in [1.82, 2.24) is 4.57 Å². The van der Waals surface area contributed by atoms with E-state index in [0.717, 1.165) is 24.6 Å². The van der Waals surface area contributed by atoms with Gasteiger partial charge in [0.15, 0.2) is 0 Å². The van der Waals surface area contributed by atoms with Crippen LogP contribution in [0.5, 0.6) is 0 Å². The van der Waals surface area contributed by atoms with Crippen molar-refractivity contribution in [1.29, 1.82) is 0 Å².